The largest absolute Gasteiger partial charge is 0.363 e. The van der Waals surface area contributed by atoms with Gasteiger partial charge in [0.1, 0.15) is 0 Å². The number of nitrogens with zero attached hydrogens (tertiary/aromatic N) is 1. The molecule has 0 radical (unpaired) electrons. The smallest absolute Gasteiger partial charge is 0.197 e. The van der Waals surface area contributed by atoms with E-state index in [1.807, 2.05) is 25.1 Å². The molecule has 0 bridgehead atoms. The molecule has 1 aromatic carbocycles. The lowest BCUT2D eigenvalue weighted by Crippen LogP contribution is -2.14. The summed E-state index contributed by atoms with van der Waals surface area (Å²) in [6, 6.07) is 5.85. The lowest BCUT2D eigenvalue weighted by Gasteiger charge is -2.05. The summed E-state index contributed by atoms with van der Waals surface area (Å²) in [4.78, 5) is 22.5. The van der Waals surface area contributed by atoms with E-state index in [4.69, 9.17) is 0 Å². The third-order valence-electron chi connectivity index (χ3n) is 3.72. The first-order valence-electron chi connectivity index (χ1n) is 6.98. The Morgan fingerprint density at radius 2 is 2.00 bits per heavy atom. The van der Waals surface area contributed by atoms with Crippen molar-refractivity contribution < 1.29 is 4.21 Å². The van der Waals surface area contributed by atoms with E-state index in [-0.39, 0.29) is 11.2 Å². The van der Waals surface area contributed by atoms with E-state index in [0.717, 1.165) is 16.6 Å². The average Bonchev–Trinajstić information content (AvgIpc) is 2.91. The van der Waals surface area contributed by atoms with E-state index in [9.17, 15) is 9.00 Å². The number of hydrogen-bond donors (Lipinski definition) is 2. The van der Waals surface area contributed by atoms with Gasteiger partial charge in [-0.15, -0.1) is 0 Å². The second kappa shape index (κ2) is 5.53. The van der Waals surface area contributed by atoms with Gasteiger partial charge in [0.05, 0.1) is 27.6 Å². The Bertz CT molecular complexity index is 940. The number of benzene rings is 1. The number of imidazole rings is 1. The van der Waals surface area contributed by atoms with Crippen molar-refractivity contribution in [3.63, 3.8) is 0 Å². The number of nitrogens with one attached hydrogen (secondary N) is 2. The minimum atomic E-state index is -1.34. The number of hydrogen-bond acceptors (Lipinski definition) is 3. The number of aryl methyl sites for hydroxylation is 2. The summed E-state index contributed by atoms with van der Waals surface area (Å²) < 4.78 is 12.5. The predicted octanol–water partition coefficient (Wildman–Crippen LogP) is 2.48. The number of H-pyrrole nitrogens is 2. The summed E-state index contributed by atoms with van der Waals surface area (Å²) >= 11 is 0. The van der Waals surface area contributed by atoms with Crippen molar-refractivity contribution >= 4 is 21.8 Å². The molecular formula is C16H17N3O2S. The summed E-state index contributed by atoms with van der Waals surface area (Å²) in [6.45, 7) is 5.51. The second-order valence-corrected chi connectivity index (χ2v) is 6.82. The maximum absolute atomic E-state index is 12.5. The number of pyridine rings is 1. The minimum Gasteiger partial charge on any atom is -0.363 e. The van der Waals surface area contributed by atoms with Gasteiger partial charge in [-0.25, -0.2) is 4.98 Å². The highest BCUT2D eigenvalue weighted by Gasteiger charge is 2.14. The van der Waals surface area contributed by atoms with E-state index >= 15 is 0 Å². The molecule has 22 heavy (non-hydrogen) atoms. The first-order valence-corrected chi connectivity index (χ1v) is 8.30. The molecule has 2 N–H and O–H groups in total. The third kappa shape index (κ3) is 2.62. The molecule has 0 aliphatic rings. The van der Waals surface area contributed by atoms with Crippen molar-refractivity contribution in [1.82, 2.24) is 15.0 Å². The van der Waals surface area contributed by atoms with Gasteiger partial charge in [-0.2, -0.15) is 0 Å². The van der Waals surface area contributed by atoms with E-state index in [1.54, 1.807) is 20.0 Å². The summed E-state index contributed by atoms with van der Waals surface area (Å²) in [7, 11) is -1.34. The maximum atomic E-state index is 12.5. The van der Waals surface area contributed by atoms with Crippen molar-refractivity contribution in [3.05, 3.63) is 57.0 Å². The summed E-state index contributed by atoms with van der Waals surface area (Å²) in [5.74, 6) is 0.236. The quantitative estimate of drug-likeness (QED) is 0.779. The standard InChI is InChI=1S/C16H17N3O2S/c1-9-4-5-12-13(6-9)19-16(18-12)22(21)8-14-11(3)15(20)10(2)7-17-14/h4-7H,8H2,1-3H3,(H,17,20)(H,18,19). The molecule has 2 aromatic heterocycles. The molecule has 2 heterocycles. The molecular weight excluding hydrogens is 298 g/mol. The van der Waals surface area contributed by atoms with Crippen LogP contribution in [-0.4, -0.2) is 19.2 Å². The van der Waals surface area contributed by atoms with Crippen LogP contribution in [0.25, 0.3) is 11.0 Å². The van der Waals surface area contributed by atoms with Gasteiger partial charge in [-0.05, 0) is 38.5 Å². The molecule has 3 rings (SSSR count). The van der Waals surface area contributed by atoms with Crippen molar-refractivity contribution in [2.24, 2.45) is 0 Å². The third-order valence-corrected chi connectivity index (χ3v) is 4.90. The van der Waals surface area contributed by atoms with Crippen molar-refractivity contribution in [3.8, 4) is 0 Å². The summed E-state index contributed by atoms with van der Waals surface area (Å²) in [6.07, 6.45) is 1.66. The SMILES string of the molecule is Cc1ccc2nc(S(=O)Cc3[nH]cc(C)c(=O)c3C)[nH]c2c1. The van der Waals surface area contributed by atoms with Gasteiger partial charge in [-0.3, -0.25) is 9.00 Å². The van der Waals surface area contributed by atoms with Gasteiger partial charge < -0.3 is 9.97 Å². The Labute approximate surface area is 130 Å². The molecule has 114 valence electrons. The van der Waals surface area contributed by atoms with Crippen molar-refractivity contribution in [2.75, 3.05) is 0 Å². The van der Waals surface area contributed by atoms with Gasteiger partial charge in [0, 0.05) is 23.0 Å². The first-order chi connectivity index (χ1) is 10.5. The van der Waals surface area contributed by atoms with Crippen LogP contribution in [0.15, 0.2) is 34.3 Å². The van der Waals surface area contributed by atoms with Crippen LogP contribution in [0.5, 0.6) is 0 Å². The highest BCUT2D eigenvalue weighted by molar-refractivity contribution is 7.84. The van der Waals surface area contributed by atoms with Crippen LogP contribution in [0.3, 0.4) is 0 Å². The zero-order chi connectivity index (χ0) is 15.9. The Morgan fingerprint density at radius 1 is 1.23 bits per heavy atom. The molecule has 1 unspecified atom stereocenters. The Kier molecular flexibility index (Phi) is 3.70. The van der Waals surface area contributed by atoms with Gasteiger partial charge in [0.15, 0.2) is 10.6 Å². The number of rotatable bonds is 3. The molecule has 0 aliphatic heterocycles. The van der Waals surface area contributed by atoms with Crippen LogP contribution < -0.4 is 5.43 Å². The fourth-order valence-corrected chi connectivity index (χ4v) is 3.48. The van der Waals surface area contributed by atoms with Gasteiger partial charge in [0.2, 0.25) is 0 Å². The van der Waals surface area contributed by atoms with E-state index in [0.29, 0.717) is 22.0 Å². The Morgan fingerprint density at radius 3 is 2.77 bits per heavy atom. The monoisotopic (exact) mass is 315 g/mol. The molecule has 0 fully saturated rings. The van der Waals surface area contributed by atoms with E-state index in [2.05, 4.69) is 15.0 Å². The lowest BCUT2D eigenvalue weighted by molar-refractivity contribution is 0.676. The second-order valence-electron chi connectivity index (χ2n) is 5.46. The van der Waals surface area contributed by atoms with Gasteiger partial charge in [0.25, 0.3) is 0 Å². The molecule has 0 amide bonds. The van der Waals surface area contributed by atoms with Crippen molar-refractivity contribution in [2.45, 2.75) is 31.7 Å². The molecule has 5 nitrogen and oxygen atoms in total. The lowest BCUT2D eigenvalue weighted by atomic mass is 10.2. The zero-order valence-electron chi connectivity index (χ0n) is 12.7. The fourth-order valence-electron chi connectivity index (χ4n) is 2.36. The van der Waals surface area contributed by atoms with Crippen LogP contribution in [0.2, 0.25) is 0 Å². The van der Waals surface area contributed by atoms with Crippen LogP contribution in [-0.2, 0) is 16.6 Å². The Hall–Kier alpha value is -2.21. The molecule has 0 saturated carbocycles. The summed E-state index contributed by atoms with van der Waals surface area (Å²) in [5.41, 5.74) is 4.73. The predicted molar refractivity (Wildman–Crippen MR) is 87.5 cm³/mol. The van der Waals surface area contributed by atoms with Crippen LogP contribution in [0.4, 0.5) is 0 Å². The fraction of sp³-hybridized carbons (Fsp3) is 0.250. The molecule has 1 atom stereocenters. The molecule has 6 heteroatoms. The zero-order valence-corrected chi connectivity index (χ0v) is 13.5. The maximum Gasteiger partial charge on any atom is 0.197 e. The first kappa shape index (κ1) is 14.7. The van der Waals surface area contributed by atoms with Crippen LogP contribution in [0.1, 0.15) is 22.4 Å². The Balaban J connectivity index is 1.93. The number of aromatic nitrogens is 3. The molecule has 3 aromatic rings. The van der Waals surface area contributed by atoms with E-state index < -0.39 is 10.8 Å². The highest BCUT2D eigenvalue weighted by atomic mass is 32.2. The minimum absolute atomic E-state index is 0.00835. The van der Waals surface area contributed by atoms with Crippen molar-refractivity contribution in [1.29, 1.82) is 0 Å². The molecule has 0 spiro atoms. The topological polar surface area (TPSA) is 78.6 Å². The van der Waals surface area contributed by atoms with Crippen LogP contribution in [0, 0.1) is 20.8 Å². The highest BCUT2D eigenvalue weighted by Crippen LogP contribution is 2.17. The number of fused-ring (bicyclic) bond motifs is 1. The van der Waals surface area contributed by atoms with Gasteiger partial charge in [-0.1, -0.05) is 6.07 Å². The molecule has 0 saturated heterocycles. The van der Waals surface area contributed by atoms with E-state index in [1.165, 1.54) is 0 Å². The van der Waals surface area contributed by atoms with Crippen LogP contribution >= 0.6 is 0 Å². The average molecular weight is 315 g/mol. The number of aromatic amines is 2. The van der Waals surface area contributed by atoms with Gasteiger partial charge >= 0.3 is 0 Å². The summed E-state index contributed by atoms with van der Waals surface area (Å²) in [5, 5.41) is 0.432. The normalized spacial score (nSPS) is 12.7. The molecule has 0 aliphatic carbocycles.